The molecule has 0 aromatic carbocycles. The van der Waals surface area contributed by atoms with Crippen molar-refractivity contribution in [1.82, 2.24) is 15.6 Å². The molecule has 2 N–H and O–H groups in total. The molecule has 1 aliphatic heterocycles. The molecule has 1 aliphatic rings. The average molecular weight is 472 g/mol. The monoisotopic (exact) mass is 472 g/mol. The number of rotatable bonds is 5. The fraction of sp³-hybridized carbons (Fsp3) is 0.714. The van der Waals surface area contributed by atoms with Crippen molar-refractivity contribution in [2.24, 2.45) is 10.9 Å². The fourth-order valence-electron chi connectivity index (χ4n) is 2.37. The smallest absolute Gasteiger partial charge is 0.191 e. The minimum atomic E-state index is -2.82. The van der Waals surface area contributed by atoms with Gasteiger partial charge < -0.3 is 10.6 Å². The van der Waals surface area contributed by atoms with Crippen LogP contribution in [0, 0.1) is 19.8 Å². The lowest BCUT2D eigenvalue weighted by atomic mass is 10.1. The van der Waals surface area contributed by atoms with Crippen molar-refractivity contribution < 1.29 is 8.42 Å². The van der Waals surface area contributed by atoms with Gasteiger partial charge in [-0.15, -0.1) is 35.3 Å². The van der Waals surface area contributed by atoms with Crippen LogP contribution in [0.15, 0.2) is 4.99 Å². The Balaban J connectivity index is 0.00000264. The molecule has 0 saturated carbocycles. The summed E-state index contributed by atoms with van der Waals surface area (Å²) in [6.07, 6.45) is 0.736. The van der Waals surface area contributed by atoms with Crippen molar-refractivity contribution in [3.8, 4) is 0 Å². The van der Waals surface area contributed by atoms with Crippen LogP contribution in [0.1, 0.15) is 28.9 Å². The van der Waals surface area contributed by atoms with Crippen molar-refractivity contribution >= 4 is 51.1 Å². The molecule has 1 unspecified atom stereocenters. The van der Waals surface area contributed by atoms with E-state index >= 15 is 0 Å². The first-order valence-electron chi connectivity index (χ1n) is 7.55. The Morgan fingerprint density at radius 1 is 1.39 bits per heavy atom. The number of hydrogen-bond acceptors (Lipinski definition) is 5. The first kappa shape index (κ1) is 20.6. The van der Waals surface area contributed by atoms with Crippen molar-refractivity contribution in [3.63, 3.8) is 0 Å². The van der Waals surface area contributed by atoms with Crippen LogP contribution in [0.25, 0.3) is 0 Å². The topological polar surface area (TPSA) is 83.4 Å². The lowest BCUT2D eigenvalue weighted by molar-refractivity contribution is 0.567. The predicted octanol–water partition coefficient (Wildman–Crippen LogP) is 1.87. The van der Waals surface area contributed by atoms with E-state index in [4.69, 9.17) is 0 Å². The van der Waals surface area contributed by atoms with Gasteiger partial charge >= 0.3 is 0 Å². The van der Waals surface area contributed by atoms with E-state index in [-0.39, 0.29) is 35.6 Å². The van der Waals surface area contributed by atoms with Gasteiger partial charge in [-0.3, -0.25) is 0 Å². The summed E-state index contributed by atoms with van der Waals surface area (Å²) >= 11 is 1.66. The molecule has 2 heterocycles. The predicted molar refractivity (Wildman–Crippen MR) is 107 cm³/mol. The SMILES string of the molecule is CCNC(=NCc1nc(C)c(C)s1)NCC1CCS(=O)(=O)C1.I. The van der Waals surface area contributed by atoms with E-state index < -0.39 is 9.84 Å². The third kappa shape index (κ3) is 6.54. The summed E-state index contributed by atoms with van der Waals surface area (Å²) < 4.78 is 23.0. The number of sulfone groups is 1. The van der Waals surface area contributed by atoms with Gasteiger partial charge in [0.15, 0.2) is 15.8 Å². The summed E-state index contributed by atoms with van der Waals surface area (Å²) in [7, 11) is -2.82. The highest BCUT2D eigenvalue weighted by Crippen LogP contribution is 2.18. The minimum Gasteiger partial charge on any atom is -0.357 e. The van der Waals surface area contributed by atoms with E-state index in [1.54, 1.807) is 11.3 Å². The van der Waals surface area contributed by atoms with Crippen LogP contribution in [0.2, 0.25) is 0 Å². The molecule has 9 heteroatoms. The molecule has 0 spiro atoms. The van der Waals surface area contributed by atoms with Gasteiger partial charge in [0.1, 0.15) is 5.01 Å². The molecule has 2 rings (SSSR count). The molecular formula is C14H25IN4O2S2. The largest absolute Gasteiger partial charge is 0.357 e. The van der Waals surface area contributed by atoms with E-state index in [1.165, 1.54) is 4.88 Å². The Kier molecular flexibility index (Phi) is 8.22. The molecule has 6 nitrogen and oxygen atoms in total. The second kappa shape index (κ2) is 9.16. The number of nitrogens with one attached hydrogen (secondary N) is 2. The van der Waals surface area contributed by atoms with Crippen LogP contribution in [0.5, 0.6) is 0 Å². The summed E-state index contributed by atoms with van der Waals surface area (Å²) in [6.45, 7) is 8.02. The second-order valence-electron chi connectivity index (χ2n) is 5.59. The van der Waals surface area contributed by atoms with E-state index in [0.717, 1.165) is 29.6 Å². The van der Waals surface area contributed by atoms with Crippen molar-refractivity contribution in [2.75, 3.05) is 24.6 Å². The first-order valence-corrected chi connectivity index (χ1v) is 10.2. The van der Waals surface area contributed by atoms with Crippen LogP contribution in [0.3, 0.4) is 0 Å². The van der Waals surface area contributed by atoms with Crippen LogP contribution in [0.4, 0.5) is 0 Å². The van der Waals surface area contributed by atoms with Crippen molar-refractivity contribution in [1.29, 1.82) is 0 Å². The zero-order valence-corrected chi connectivity index (χ0v) is 17.7. The van der Waals surface area contributed by atoms with Gasteiger partial charge in [-0.2, -0.15) is 0 Å². The van der Waals surface area contributed by atoms with Gasteiger partial charge in [0.2, 0.25) is 0 Å². The highest BCUT2D eigenvalue weighted by molar-refractivity contribution is 14.0. The van der Waals surface area contributed by atoms with Crippen molar-refractivity contribution in [2.45, 2.75) is 33.7 Å². The summed E-state index contributed by atoms with van der Waals surface area (Å²) in [5.41, 5.74) is 1.06. The Morgan fingerprint density at radius 3 is 2.65 bits per heavy atom. The van der Waals surface area contributed by atoms with E-state index in [9.17, 15) is 8.42 Å². The van der Waals surface area contributed by atoms with E-state index in [0.29, 0.717) is 18.8 Å². The number of nitrogens with zero attached hydrogens (tertiary/aromatic N) is 2. The molecule has 23 heavy (non-hydrogen) atoms. The molecule has 1 saturated heterocycles. The molecule has 1 fully saturated rings. The maximum absolute atomic E-state index is 11.5. The zero-order valence-electron chi connectivity index (χ0n) is 13.8. The molecule has 1 aromatic heterocycles. The maximum Gasteiger partial charge on any atom is 0.191 e. The number of hydrogen-bond donors (Lipinski definition) is 2. The van der Waals surface area contributed by atoms with E-state index in [1.807, 2.05) is 13.8 Å². The zero-order chi connectivity index (χ0) is 16.2. The third-order valence-electron chi connectivity index (χ3n) is 3.67. The summed E-state index contributed by atoms with van der Waals surface area (Å²) in [5, 5.41) is 7.42. The summed E-state index contributed by atoms with van der Waals surface area (Å²) in [4.78, 5) is 10.2. The standard InChI is InChI=1S/C14H24N4O2S2.HI/c1-4-15-14(16-7-12-5-6-22(19,20)9-12)17-8-13-18-10(2)11(3)21-13;/h12H,4-9H2,1-3H3,(H2,15,16,17);1H. The first-order chi connectivity index (χ1) is 10.4. The van der Waals surface area contributed by atoms with Crippen LogP contribution >= 0.6 is 35.3 Å². The highest BCUT2D eigenvalue weighted by atomic mass is 127. The number of halogens is 1. The number of aromatic nitrogens is 1. The van der Waals surface area contributed by atoms with Gasteiger partial charge in [0.05, 0.1) is 23.7 Å². The Morgan fingerprint density at radius 2 is 2.13 bits per heavy atom. The molecule has 1 aromatic rings. The molecule has 0 aliphatic carbocycles. The third-order valence-corrected chi connectivity index (χ3v) is 6.57. The van der Waals surface area contributed by atoms with Gasteiger partial charge in [0, 0.05) is 18.0 Å². The number of aryl methyl sites for hydroxylation is 2. The van der Waals surface area contributed by atoms with Crippen LogP contribution in [-0.4, -0.2) is 44.0 Å². The highest BCUT2D eigenvalue weighted by Gasteiger charge is 2.27. The van der Waals surface area contributed by atoms with Gasteiger partial charge in [-0.05, 0) is 33.1 Å². The average Bonchev–Trinajstić information content (AvgIpc) is 2.96. The fourth-order valence-corrected chi connectivity index (χ4v) is 5.09. The quantitative estimate of drug-likeness (QED) is 0.389. The number of guanidine groups is 1. The Labute approximate surface area is 159 Å². The van der Waals surface area contributed by atoms with Gasteiger partial charge in [-0.25, -0.2) is 18.4 Å². The van der Waals surface area contributed by atoms with Crippen molar-refractivity contribution in [3.05, 3.63) is 15.6 Å². The Bertz CT molecular complexity index is 624. The molecule has 0 radical (unpaired) electrons. The lowest BCUT2D eigenvalue weighted by Gasteiger charge is -2.13. The Hall–Kier alpha value is -0.420. The lowest BCUT2D eigenvalue weighted by Crippen LogP contribution is -2.40. The van der Waals surface area contributed by atoms with Gasteiger partial charge in [-0.1, -0.05) is 0 Å². The molecular weight excluding hydrogens is 447 g/mol. The maximum atomic E-state index is 11.5. The van der Waals surface area contributed by atoms with Crippen LogP contribution in [-0.2, 0) is 16.4 Å². The molecule has 1 atom stereocenters. The second-order valence-corrected chi connectivity index (χ2v) is 9.11. The van der Waals surface area contributed by atoms with Crippen LogP contribution < -0.4 is 10.6 Å². The summed E-state index contributed by atoms with van der Waals surface area (Å²) in [5.74, 6) is 1.49. The van der Waals surface area contributed by atoms with E-state index in [2.05, 4.69) is 27.5 Å². The minimum absolute atomic E-state index is 0. The molecule has 0 amide bonds. The molecule has 0 bridgehead atoms. The number of thiazole rings is 1. The number of aliphatic imine (C=N–C) groups is 1. The normalized spacial score (nSPS) is 20.1. The molecule has 132 valence electrons. The van der Waals surface area contributed by atoms with Gasteiger partial charge in [0.25, 0.3) is 0 Å². The summed E-state index contributed by atoms with van der Waals surface area (Å²) in [6, 6.07) is 0.